The van der Waals surface area contributed by atoms with Crippen LogP contribution < -0.4 is 0 Å². The van der Waals surface area contributed by atoms with Crippen molar-refractivity contribution in [3.8, 4) is 0 Å². The first-order valence-electron chi connectivity index (χ1n) is 8.14. The Hall–Kier alpha value is -2.44. The summed E-state index contributed by atoms with van der Waals surface area (Å²) in [5, 5.41) is 0.169. The monoisotopic (exact) mass is 377 g/mol. The molecule has 1 amide bonds. The van der Waals surface area contributed by atoms with E-state index < -0.39 is 17.9 Å². The summed E-state index contributed by atoms with van der Waals surface area (Å²) in [5.41, 5.74) is 0.247. The quantitative estimate of drug-likeness (QED) is 0.768. The number of esters is 1. The largest absolute Gasteiger partial charge is 0.444 e. The van der Waals surface area contributed by atoms with Gasteiger partial charge >= 0.3 is 5.97 Å². The Morgan fingerprint density at radius 3 is 2.46 bits per heavy atom. The number of carbonyl (C=O) groups excluding carboxylic acids is 2. The Labute approximate surface area is 155 Å². The Morgan fingerprint density at radius 1 is 1.12 bits per heavy atom. The number of halogens is 2. The topological polar surface area (TPSA) is 55.8 Å². The molecule has 5 nitrogen and oxygen atoms in total. The van der Waals surface area contributed by atoms with Crippen molar-refractivity contribution < 1.29 is 23.5 Å². The van der Waals surface area contributed by atoms with Crippen LogP contribution in [0.3, 0.4) is 0 Å². The van der Waals surface area contributed by atoms with E-state index in [4.69, 9.17) is 21.1 Å². The van der Waals surface area contributed by atoms with Crippen molar-refractivity contribution in [1.29, 1.82) is 0 Å². The standard InChI is InChI=1S/C19H17ClFNO4/c20-14-6-7-15(16(21)12-14)19(24)26-17(13-4-2-1-3-5-13)18(23)22-8-10-25-11-9-22/h1-7,12,17H,8-11H2/t17-/m0/s1. The maximum absolute atomic E-state index is 14.0. The summed E-state index contributed by atoms with van der Waals surface area (Å²) in [7, 11) is 0. The molecule has 0 unspecified atom stereocenters. The van der Waals surface area contributed by atoms with Crippen molar-refractivity contribution >= 4 is 23.5 Å². The summed E-state index contributed by atoms with van der Waals surface area (Å²) in [4.78, 5) is 26.9. The van der Waals surface area contributed by atoms with Gasteiger partial charge in [-0.05, 0) is 18.2 Å². The van der Waals surface area contributed by atoms with Crippen LogP contribution in [0.4, 0.5) is 4.39 Å². The van der Waals surface area contributed by atoms with E-state index in [-0.39, 0.29) is 16.5 Å². The average molecular weight is 378 g/mol. The van der Waals surface area contributed by atoms with Gasteiger partial charge < -0.3 is 14.4 Å². The number of ether oxygens (including phenoxy) is 2. The van der Waals surface area contributed by atoms with Crippen molar-refractivity contribution in [2.24, 2.45) is 0 Å². The van der Waals surface area contributed by atoms with Crippen LogP contribution >= 0.6 is 11.6 Å². The van der Waals surface area contributed by atoms with Gasteiger partial charge in [-0.15, -0.1) is 0 Å². The van der Waals surface area contributed by atoms with Gasteiger partial charge in [0.15, 0.2) is 0 Å². The predicted molar refractivity (Wildman–Crippen MR) is 93.4 cm³/mol. The van der Waals surface area contributed by atoms with E-state index in [0.717, 1.165) is 6.07 Å². The van der Waals surface area contributed by atoms with E-state index in [1.807, 2.05) is 0 Å². The molecule has 1 aliphatic heterocycles. The fourth-order valence-electron chi connectivity index (χ4n) is 2.66. The van der Waals surface area contributed by atoms with Crippen LogP contribution in [-0.2, 0) is 14.3 Å². The fourth-order valence-corrected chi connectivity index (χ4v) is 2.82. The molecule has 26 heavy (non-hydrogen) atoms. The smallest absolute Gasteiger partial charge is 0.342 e. The van der Waals surface area contributed by atoms with E-state index in [1.165, 1.54) is 12.1 Å². The molecule has 136 valence electrons. The second-order valence-electron chi connectivity index (χ2n) is 5.76. The molecule has 0 aliphatic carbocycles. The fraction of sp³-hybridized carbons (Fsp3) is 0.263. The minimum atomic E-state index is -1.16. The van der Waals surface area contributed by atoms with E-state index in [1.54, 1.807) is 35.2 Å². The van der Waals surface area contributed by atoms with Gasteiger partial charge in [0.05, 0.1) is 18.8 Å². The SMILES string of the molecule is O=C(O[C@H](C(=O)N1CCOCC1)c1ccccc1)c1ccc(Cl)cc1F. The third kappa shape index (κ3) is 4.20. The number of amides is 1. The molecule has 1 heterocycles. The van der Waals surface area contributed by atoms with Gasteiger partial charge in [-0.3, -0.25) is 4.79 Å². The van der Waals surface area contributed by atoms with Crippen molar-refractivity contribution in [2.75, 3.05) is 26.3 Å². The molecule has 1 saturated heterocycles. The molecule has 0 saturated carbocycles. The highest BCUT2D eigenvalue weighted by Gasteiger charge is 2.31. The van der Waals surface area contributed by atoms with Crippen molar-refractivity contribution in [3.63, 3.8) is 0 Å². The Kier molecular flexibility index (Phi) is 5.85. The Balaban J connectivity index is 1.85. The predicted octanol–water partition coefficient (Wildman–Crippen LogP) is 3.24. The number of carbonyl (C=O) groups is 2. The molecular weight excluding hydrogens is 361 g/mol. The van der Waals surface area contributed by atoms with Crippen molar-refractivity contribution in [2.45, 2.75) is 6.10 Å². The molecule has 0 aromatic heterocycles. The van der Waals surface area contributed by atoms with Gasteiger partial charge in [-0.2, -0.15) is 0 Å². The molecule has 3 rings (SSSR count). The second-order valence-corrected chi connectivity index (χ2v) is 6.19. The summed E-state index contributed by atoms with van der Waals surface area (Å²) in [6, 6.07) is 12.3. The number of nitrogens with zero attached hydrogens (tertiary/aromatic N) is 1. The van der Waals surface area contributed by atoms with Crippen LogP contribution in [0.5, 0.6) is 0 Å². The summed E-state index contributed by atoms with van der Waals surface area (Å²) in [6.45, 7) is 1.67. The van der Waals surface area contributed by atoms with Crippen LogP contribution in [0.25, 0.3) is 0 Å². The highest BCUT2D eigenvalue weighted by Crippen LogP contribution is 2.24. The number of hydrogen-bond acceptors (Lipinski definition) is 4. The molecular formula is C19H17ClFNO4. The highest BCUT2D eigenvalue weighted by atomic mass is 35.5. The van der Waals surface area contributed by atoms with E-state index in [2.05, 4.69) is 0 Å². The molecule has 0 bridgehead atoms. The Bertz CT molecular complexity index is 793. The van der Waals surface area contributed by atoms with Gasteiger partial charge in [0.2, 0.25) is 6.10 Å². The maximum atomic E-state index is 14.0. The zero-order valence-electron chi connectivity index (χ0n) is 13.9. The second kappa shape index (κ2) is 8.29. The lowest BCUT2D eigenvalue weighted by molar-refractivity contribution is -0.145. The lowest BCUT2D eigenvalue weighted by Gasteiger charge is -2.30. The third-order valence-corrected chi connectivity index (χ3v) is 4.26. The van der Waals surface area contributed by atoms with E-state index in [9.17, 15) is 14.0 Å². The molecule has 1 fully saturated rings. The number of morpholine rings is 1. The highest BCUT2D eigenvalue weighted by molar-refractivity contribution is 6.30. The zero-order valence-corrected chi connectivity index (χ0v) is 14.6. The average Bonchev–Trinajstić information content (AvgIpc) is 2.67. The zero-order chi connectivity index (χ0) is 18.5. The normalized spacial score (nSPS) is 15.4. The molecule has 1 atom stereocenters. The van der Waals surface area contributed by atoms with Crippen LogP contribution in [0.1, 0.15) is 22.0 Å². The van der Waals surface area contributed by atoms with Gasteiger partial charge in [0, 0.05) is 23.7 Å². The van der Waals surface area contributed by atoms with Gasteiger partial charge in [-0.1, -0.05) is 41.9 Å². The Morgan fingerprint density at radius 2 is 1.81 bits per heavy atom. The van der Waals surface area contributed by atoms with Crippen molar-refractivity contribution in [1.82, 2.24) is 4.90 Å². The number of rotatable bonds is 4. The summed E-state index contributed by atoms with van der Waals surface area (Å²) < 4.78 is 24.7. The van der Waals surface area contributed by atoms with Gasteiger partial charge in [-0.25, -0.2) is 9.18 Å². The first-order chi connectivity index (χ1) is 12.6. The minimum Gasteiger partial charge on any atom is -0.444 e. The van der Waals surface area contributed by atoms with Gasteiger partial charge in [0.25, 0.3) is 5.91 Å². The molecule has 2 aromatic rings. The molecule has 1 aliphatic rings. The molecule has 0 spiro atoms. The van der Waals surface area contributed by atoms with Crippen LogP contribution in [-0.4, -0.2) is 43.1 Å². The van der Waals surface area contributed by atoms with E-state index in [0.29, 0.717) is 31.9 Å². The van der Waals surface area contributed by atoms with E-state index >= 15 is 0 Å². The minimum absolute atomic E-state index is 0.169. The third-order valence-electron chi connectivity index (χ3n) is 4.03. The lowest BCUT2D eigenvalue weighted by Crippen LogP contribution is -2.44. The number of hydrogen-bond donors (Lipinski definition) is 0. The first-order valence-corrected chi connectivity index (χ1v) is 8.51. The maximum Gasteiger partial charge on any atom is 0.342 e. The summed E-state index contributed by atoms with van der Waals surface area (Å²) >= 11 is 5.71. The van der Waals surface area contributed by atoms with Crippen LogP contribution in [0.2, 0.25) is 5.02 Å². The van der Waals surface area contributed by atoms with Crippen LogP contribution in [0.15, 0.2) is 48.5 Å². The first kappa shape index (κ1) is 18.4. The molecule has 0 N–H and O–H groups in total. The molecule has 7 heteroatoms. The summed E-state index contributed by atoms with van der Waals surface area (Å²) in [6.07, 6.45) is -1.16. The van der Waals surface area contributed by atoms with Crippen LogP contribution in [0, 0.1) is 5.82 Å². The number of benzene rings is 2. The van der Waals surface area contributed by atoms with Crippen molar-refractivity contribution in [3.05, 3.63) is 70.5 Å². The summed E-state index contributed by atoms with van der Waals surface area (Å²) in [5.74, 6) is -2.08. The molecule has 0 radical (unpaired) electrons. The molecule has 2 aromatic carbocycles. The lowest BCUT2D eigenvalue weighted by atomic mass is 10.1. The van der Waals surface area contributed by atoms with Gasteiger partial charge in [0.1, 0.15) is 5.82 Å².